The molecule has 11 heavy (non-hydrogen) atoms. The molecule has 1 saturated heterocycles. The third-order valence-corrected chi connectivity index (χ3v) is 2.19. The number of hydrogen-bond acceptors (Lipinski definition) is 3. The highest BCUT2D eigenvalue weighted by molar-refractivity contribution is 4.76. The van der Waals surface area contributed by atoms with Crippen LogP contribution in [-0.4, -0.2) is 35.1 Å². The van der Waals surface area contributed by atoms with Crippen LogP contribution in [0, 0.1) is 0 Å². The highest BCUT2D eigenvalue weighted by atomic mass is 16.5. The molecule has 0 spiro atoms. The van der Waals surface area contributed by atoms with E-state index >= 15 is 0 Å². The molecule has 2 N–H and O–H groups in total. The Bertz CT molecular complexity index is 116. The van der Waals surface area contributed by atoms with E-state index in [0.717, 1.165) is 19.3 Å². The van der Waals surface area contributed by atoms with Gasteiger partial charge in [0.05, 0.1) is 24.9 Å². The van der Waals surface area contributed by atoms with Gasteiger partial charge in [0.1, 0.15) is 0 Å². The number of hydrogen-bond donors (Lipinski definition) is 2. The summed E-state index contributed by atoms with van der Waals surface area (Å²) in [7, 11) is 0. The van der Waals surface area contributed by atoms with Gasteiger partial charge < -0.3 is 14.9 Å². The fourth-order valence-electron chi connectivity index (χ4n) is 1.45. The normalized spacial score (nSPS) is 39.0. The minimum atomic E-state index is -0.331. The molecule has 1 fully saturated rings. The van der Waals surface area contributed by atoms with Crippen LogP contribution in [0.2, 0.25) is 0 Å². The van der Waals surface area contributed by atoms with Crippen LogP contribution in [0.15, 0.2) is 0 Å². The smallest absolute Gasteiger partial charge is 0.0836 e. The van der Waals surface area contributed by atoms with Gasteiger partial charge in [0.15, 0.2) is 0 Å². The Kier molecular flexibility index (Phi) is 3.30. The minimum absolute atomic E-state index is 0.0525. The van der Waals surface area contributed by atoms with Crippen molar-refractivity contribution in [2.45, 2.75) is 44.5 Å². The highest BCUT2D eigenvalue weighted by Gasteiger charge is 2.27. The van der Waals surface area contributed by atoms with E-state index in [1.165, 1.54) is 0 Å². The summed E-state index contributed by atoms with van der Waals surface area (Å²) in [5, 5.41) is 18.2. The Hall–Kier alpha value is -0.120. The molecule has 0 unspecified atom stereocenters. The fourth-order valence-corrected chi connectivity index (χ4v) is 1.45. The summed E-state index contributed by atoms with van der Waals surface area (Å²) < 4.78 is 5.40. The van der Waals surface area contributed by atoms with Crippen molar-refractivity contribution in [2.75, 3.05) is 6.61 Å². The summed E-state index contributed by atoms with van der Waals surface area (Å²) >= 11 is 0. The van der Waals surface area contributed by atoms with Crippen molar-refractivity contribution in [3.05, 3.63) is 0 Å². The van der Waals surface area contributed by atoms with E-state index in [2.05, 4.69) is 0 Å². The molecule has 0 aromatic heterocycles. The molecule has 66 valence electrons. The maximum absolute atomic E-state index is 9.38. The highest BCUT2D eigenvalue weighted by Crippen LogP contribution is 2.20. The number of aliphatic hydroxyl groups excluding tert-OH is 2. The lowest BCUT2D eigenvalue weighted by molar-refractivity contribution is -0.130. The van der Waals surface area contributed by atoms with Crippen molar-refractivity contribution in [3.8, 4) is 0 Å². The van der Waals surface area contributed by atoms with Gasteiger partial charge >= 0.3 is 0 Å². The van der Waals surface area contributed by atoms with E-state index in [9.17, 15) is 5.11 Å². The van der Waals surface area contributed by atoms with Crippen LogP contribution in [0.4, 0.5) is 0 Å². The lowest BCUT2D eigenvalue weighted by Gasteiger charge is -2.32. The van der Waals surface area contributed by atoms with Crippen LogP contribution in [0.1, 0.15) is 26.2 Å². The summed E-state index contributed by atoms with van der Waals surface area (Å²) in [5.41, 5.74) is 0. The molecule has 0 radical (unpaired) electrons. The lowest BCUT2D eigenvalue weighted by Crippen LogP contribution is -2.39. The first-order valence-corrected chi connectivity index (χ1v) is 4.22. The molecule has 0 amide bonds. The van der Waals surface area contributed by atoms with Crippen molar-refractivity contribution < 1.29 is 14.9 Å². The first-order chi connectivity index (χ1) is 5.27. The van der Waals surface area contributed by atoms with Gasteiger partial charge in [-0.15, -0.1) is 0 Å². The van der Waals surface area contributed by atoms with Crippen LogP contribution in [0.3, 0.4) is 0 Å². The van der Waals surface area contributed by atoms with E-state index in [4.69, 9.17) is 9.84 Å². The number of ether oxygens (including phenoxy) is 1. The summed E-state index contributed by atoms with van der Waals surface area (Å²) in [4.78, 5) is 0. The molecule has 0 aliphatic carbocycles. The molecule has 1 heterocycles. The molecule has 0 saturated carbocycles. The molecule has 0 aromatic carbocycles. The Morgan fingerprint density at radius 1 is 1.45 bits per heavy atom. The first kappa shape index (κ1) is 8.97. The van der Waals surface area contributed by atoms with Crippen LogP contribution < -0.4 is 0 Å². The zero-order valence-electron chi connectivity index (χ0n) is 6.86. The predicted octanol–water partition coefficient (Wildman–Crippen LogP) is 0.297. The van der Waals surface area contributed by atoms with Gasteiger partial charge in [0.2, 0.25) is 0 Å². The maximum atomic E-state index is 9.38. The van der Waals surface area contributed by atoms with Gasteiger partial charge in [-0.3, -0.25) is 0 Å². The van der Waals surface area contributed by atoms with Crippen molar-refractivity contribution in [1.82, 2.24) is 0 Å². The second-order valence-corrected chi connectivity index (χ2v) is 3.03. The SMILES string of the molecule is CC[C@@H]1O[C@H](CO)CC[C@H]1O. The Morgan fingerprint density at radius 2 is 2.18 bits per heavy atom. The molecule has 3 heteroatoms. The van der Waals surface area contributed by atoms with Gasteiger partial charge in [-0.25, -0.2) is 0 Å². The van der Waals surface area contributed by atoms with E-state index < -0.39 is 0 Å². The summed E-state index contributed by atoms with van der Waals surface area (Å²) in [6, 6.07) is 0. The van der Waals surface area contributed by atoms with Crippen molar-refractivity contribution in [1.29, 1.82) is 0 Å². The lowest BCUT2D eigenvalue weighted by atomic mass is 10.00. The predicted molar refractivity (Wildman–Crippen MR) is 41.3 cm³/mol. The van der Waals surface area contributed by atoms with E-state index in [1.807, 2.05) is 6.92 Å². The molecular formula is C8H16O3. The fraction of sp³-hybridized carbons (Fsp3) is 1.00. The summed E-state index contributed by atoms with van der Waals surface area (Å²) in [6.07, 6.45) is 1.89. The van der Waals surface area contributed by atoms with Crippen molar-refractivity contribution in [3.63, 3.8) is 0 Å². The third kappa shape index (κ3) is 2.15. The second kappa shape index (κ2) is 4.04. The Labute approximate surface area is 67.0 Å². The standard InChI is InChI=1S/C8H16O3/c1-2-8-7(10)4-3-6(5-9)11-8/h6-10H,2-5H2,1H3/t6-,7+,8-/m0/s1. The van der Waals surface area contributed by atoms with Crippen LogP contribution in [0.25, 0.3) is 0 Å². The zero-order valence-corrected chi connectivity index (χ0v) is 6.86. The monoisotopic (exact) mass is 160 g/mol. The van der Waals surface area contributed by atoms with Crippen LogP contribution in [-0.2, 0) is 4.74 Å². The molecule has 1 rings (SSSR count). The van der Waals surface area contributed by atoms with Crippen molar-refractivity contribution in [2.24, 2.45) is 0 Å². The summed E-state index contributed by atoms with van der Waals surface area (Å²) in [5.74, 6) is 0. The van der Waals surface area contributed by atoms with Gasteiger partial charge in [-0.05, 0) is 19.3 Å². The zero-order chi connectivity index (χ0) is 8.27. The largest absolute Gasteiger partial charge is 0.394 e. The van der Waals surface area contributed by atoms with Crippen molar-refractivity contribution >= 4 is 0 Å². The van der Waals surface area contributed by atoms with E-state index in [1.54, 1.807) is 0 Å². The first-order valence-electron chi connectivity index (χ1n) is 4.22. The molecule has 3 nitrogen and oxygen atoms in total. The topological polar surface area (TPSA) is 49.7 Å². The Balaban J connectivity index is 2.37. The minimum Gasteiger partial charge on any atom is -0.394 e. The van der Waals surface area contributed by atoms with Gasteiger partial charge in [-0.2, -0.15) is 0 Å². The summed E-state index contributed by atoms with van der Waals surface area (Å²) in [6.45, 7) is 2.05. The van der Waals surface area contributed by atoms with Gasteiger partial charge in [0, 0.05) is 0 Å². The second-order valence-electron chi connectivity index (χ2n) is 3.03. The molecule has 0 bridgehead atoms. The van der Waals surface area contributed by atoms with Gasteiger partial charge in [-0.1, -0.05) is 6.92 Å². The maximum Gasteiger partial charge on any atom is 0.0836 e. The number of rotatable bonds is 2. The van der Waals surface area contributed by atoms with Crippen LogP contribution in [0.5, 0.6) is 0 Å². The average molecular weight is 160 g/mol. The number of aliphatic hydroxyl groups is 2. The van der Waals surface area contributed by atoms with E-state index in [-0.39, 0.29) is 24.9 Å². The van der Waals surface area contributed by atoms with E-state index in [0.29, 0.717) is 0 Å². The van der Waals surface area contributed by atoms with Gasteiger partial charge in [0.25, 0.3) is 0 Å². The molecule has 0 aromatic rings. The molecule has 1 aliphatic heterocycles. The van der Waals surface area contributed by atoms with Crippen LogP contribution >= 0.6 is 0 Å². The third-order valence-electron chi connectivity index (χ3n) is 2.19. The molecular weight excluding hydrogens is 144 g/mol. The quantitative estimate of drug-likeness (QED) is 0.610. The molecule has 3 atom stereocenters. The Morgan fingerprint density at radius 3 is 2.73 bits per heavy atom. The molecule has 1 aliphatic rings. The average Bonchev–Trinajstić information content (AvgIpc) is 2.05.